The van der Waals surface area contributed by atoms with E-state index in [9.17, 15) is 9.90 Å². The summed E-state index contributed by atoms with van der Waals surface area (Å²) in [6.45, 7) is 1.03. The molecule has 1 heterocycles. The highest BCUT2D eigenvalue weighted by Gasteiger charge is 2.45. The van der Waals surface area contributed by atoms with Crippen LogP contribution in [0.25, 0.3) is 0 Å². The molecule has 0 bridgehead atoms. The molecule has 0 aromatic heterocycles. The molecule has 1 rings (SSSR count). The van der Waals surface area contributed by atoms with Gasteiger partial charge in [0.1, 0.15) is 24.4 Å². The molecule has 5 atom stereocenters. The lowest BCUT2D eigenvalue weighted by Crippen LogP contribution is -2.64. The first-order chi connectivity index (χ1) is 8.04. The highest BCUT2D eigenvalue weighted by atomic mass is 16.7. The van der Waals surface area contributed by atoms with Crippen LogP contribution >= 0.6 is 0 Å². The van der Waals surface area contributed by atoms with Crippen LogP contribution in [0.15, 0.2) is 0 Å². The first kappa shape index (κ1) is 14.3. The van der Waals surface area contributed by atoms with Crippen molar-refractivity contribution in [2.45, 2.75) is 37.6 Å². The van der Waals surface area contributed by atoms with Gasteiger partial charge in [-0.05, 0) is 0 Å². The van der Waals surface area contributed by atoms with E-state index in [1.165, 1.54) is 21.1 Å². The molecule has 7 heteroatoms. The average molecular weight is 249 g/mol. The zero-order valence-electron chi connectivity index (χ0n) is 10.1. The lowest BCUT2D eigenvalue weighted by molar-refractivity contribution is -0.267. The number of amides is 1. The Morgan fingerprint density at radius 2 is 2.06 bits per heavy atom. The maximum atomic E-state index is 11.0. The predicted molar refractivity (Wildman–Crippen MR) is 57.2 cm³/mol. The van der Waals surface area contributed by atoms with Crippen molar-refractivity contribution in [3.63, 3.8) is 0 Å². The Labute approximate surface area is 99.7 Å². The minimum Gasteiger partial charge on any atom is -0.394 e. The van der Waals surface area contributed by atoms with Gasteiger partial charge in [0.15, 0.2) is 6.29 Å². The number of aliphatic hydroxyl groups is 2. The number of hydrogen-bond donors (Lipinski definition) is 3. The van der Waals surface area contributed by atoms with Crippen molar-refractivity contribution in [3.8, 4) is 0 Å². The third-order valence-electron chi connectivity index (χ3n) is 2.73. The number of aliphatic hydroxyl groups excluding tert-OH is 2. The average Bonchev–Trinajstić information content (AvgIpc) is 2.30. The quantitative estimate of drug-likeness (QED) is 0.545. The van der Waals surface area contributed by atoms with Crippen molar-refractivity contribution < 1.29 is 29.2 Å². The van der Waals surface area contributed by atoms with Crippen LogP contribution in [0.1, 0.15) is 6.92 Å². The minimum atomic E-state index is -1.01. The van der Waals surface area contributed by atoms with Crippen LogP contribution in [0.2, 0.25) is 0 Å². The number of carbonyl (C=O) groups excluding carboxylic acids is 1. The van der Waals surface area contributed by atoms with Crippen molar-refractivity contribution in [3.05, 3.63) is 0 Å². The van der Waals surface area contributed by atoms with Crippen molar-refractivity contribution in [2.75, 3.05) is 20.8 Å². The summed E-state index contributed by atoms with van der Waals surface area (Å²) in [5.41, 5.74) is 0. The fraction of sp³-hybridized carbons (Fsp3) is 0.900. The topological polar surface area (TPSA) is 97.2 Å². The molecule has 0 aromatic rings. The van der Waals surface area contributed by atoms with Gasteiger partial charge in [0, 0.05) is 21.1 Å². The van der Waals surface area contributed by atoms with Gasteiger partial charge in [-0.15, -0.1) is 0 Å². The lowest BCUT2D eigenvalue weighted by Gasteiger charge is -2.43. The van der Waals surface area contributed by atoms with Gasteiger partial charge < -0.3 is 29.7 Å². The zero-order chi connectivity index (χ0) is 13.0. The van der Waals surface area contributed by atoms with E-state index in [2.05, 4.69) is 5.32 Å². The third kappa shape index (κ3) is 3.14. The summed E-state index contributed by atoms with van der Waals surface area (Å²) in [5, 5.41) is 21.7. The molecule has 0 saturated carbocycles. The monoisotopic (exact) mass is 249 g/mol. The molecule has 3 N–H and O–H groups in total. The van der Waals surface area contributed by atoms with E-state index in [0.29, 0.717) is 0 Å². The molecule has 0 radical (unpaired) electrons. The third-order valence-corrected chi connectivity index (χ3v) is 2.73. The second kappa shape index (κ2) is 6.27. The number of rotatable bonds is 4. The summed E-state index contributed by atoms with van der Waals surface area (Å²) < 4.78 is 15.5. The molecule has 0 aromatic carbocycles. The standard InChI is InChI=1S/C10H19NO6/c1-5(13)11-7-8(14)9(15-2)6(4-12)17-10(7)16-3/h6-10,12,14H,4H2,1-3H3,(H,11,13)/t6-,7+,8-,9-,10+/m1/s1. The van der Waals surface area contributed by atoms with Crippen LogP contribution in [0.5, 0.6) is 0 Å². The molecule has 1 amide bonds. The normalized spacial score (nSPS) is 37.8. The molecule has 7 nitrogen and oxygen atoms in total. The molecule has 0 aliphatic carbocycles. The van der Waals surface area contributed by atoms with Crippen molar-refractivity contribution in [2.24, 2.45) is 0 Å². The number of ether oxygens (including phenoxy) is 3. The Bertz CT molecular complexity index is 261. The van der Waals surface area contributed by atoms with E-state index in [0.717, 1.165) is 0 Å². The number of carbonyl (C=O) groups is 1. The predicted octanol–water partition coefficient (Wildman–Crippen LogP) is -1.77. The van der Waals surface area contributed by atoms with Gasteiger partial charge >= 0.3 is 0 Å². The largest absolute Gasteiger partial charge is 0.394 e. The summed E-state index contributed by atoms with van der Waals surface area (Å²) >= 11 is 0. The van der Waals surface area contributed by atoms with Gasteiger partial charge in [-0.25, -0.2) is 0 Å². The summed E-state index contributed by atoms with van der Waals surface area (Å²) in [6, 6.07) is -0.731. The maximum absolute atomic E-state index is 11.0. The maximum Gasteiger partial charge on any atom is 0.217 e. The Morgan fingerprint density at radius 3 is 2.47 bits per heavy atom. The minimum absolute atomic E-state index is 0.303. The number of nitrogens with one attached hydrogen (secondary N) is 1. The van der Waals surface area contributed by atoms with E-state index in [1.807, 2.05) is 0 Å². The Balaban J connectivity index is 2.83. The fourth-order valence-corrected chi connectivity index (χ4v) is 1.95. The molecule has 1 aliphatic heterocycles. The van der Waals surface area contributed by atoms with Crippen molar-refractivity contribution in [1.82, 2.24) is 5.32 Å². The Hall–Kier alpha value is -0.730. The SMILES string of the molecule is CO[C@H]1O[C@H](CO)[C@@H](OC)[C@H](O)[C@@H]1NC(C)=O. The van der Waals surface area contributed by atoms with E-state index < -0.39 is 30.6 Å². The van der Waals surface area contributed by atoms with Crippen LogP contribution in [0.3, 0.4) is 0 Å². The van der Waals surface area contributed by atoms with Crippen molar-refractivity contribution in [1.29, 1.82) is 0 Å². The summed E-state index contributed by atoms with van der Waals surface area (Å²) in [6.07, 6.45) is -3.24. The number of hydrogen-bond acceptors (Lipinski definition) is 6. The Kier molecular flexibility index (Phi) is 5.29. The van der Waals surface area contributed by atoms with E-state index in [1.54, 1.807) is 0 Å². The van der Waals surface area contributed by atoms with Crippen LogP contribution in [0, 0.1) is 0 Å². The molecule has 0 unspecified atom stereocenters. The van der Waals surface area contributed by atoms with Gasteiger partial charge in [0.2, 0.25) is 5.91 Å². The Morgan fingerprint density at radius 1 is 1.41 bits per heavy atom. The van der Waals surface area contributed by atoms with Gasteiger partial charge in [0.05, 0.1) is 6.61 Å². The number of methoxy groups -OCH3 is 2. The van der Waals surface area contributed by atoms with Gasteiger partial charge in [-0.1, -0.05) is 0 Å². The second-order valence-corrected chi connectivity index (χ2v) is 3.88. The molecule has 17 heavy (non-hydrogen) atoms. The highest BCUT2D eigenvalue weighted by molar-refractivity contribution is 5.73. The summed E-state index contributed by atoms with van der Waals surface area (Å²) in [4.78, 5) is 11.0. The van der Waals surface area contributed by atoms with Gasteiger partial charge in [-0.2, -0.15) is 0 Å². The molecular formula is C10H19NO6. The van der Waals surface area contributed by atoms with Crippen LogP contribution in [-0.2, 0) is 19.0 Å². The van der Waals surface area contributed by atoms with E-state index >= 15 is 0 Å². The van der Waals surface area contributed by atoms with Crippen LogP contribution in [0.4, 0.5) is 0 Å². The molecule has 0 spiro atoms. The molecule has 1 fully saturated rings. The molecule has 1 saturated heterocycles. The zero-order valence-corrected chi connectivity index (χ0v) is 10.1. The smallest absolute Gasteiger partial charge is 0.217 e. The summed E-state index contributed by atoms with van der Waals surface area (Å²) in [7, 11) is 2.80. The first-order valence-corrected chi connectivity index (χ1v) is 5.32. The van der Waals surface area contributed by atoms with Crippen molar-refractivity contribution >= 4 is 5.91 Å². The van der Waals surface area contributed by atoms with Gasteiger partial charge in [0.25, 0.3) is 0 Å². The van der Waals surface area contributed by atoms with Crippen LogP contribution in [-0.4, -0.2) is 67.6 Å². The van der Waals surface area contributed by atoms with E-state index in [-0.39, 0.29) is 12.5 Å². The lowest BCUT2D eigenvalue weighted by atomic mass is 9.96. The van der Waals surface area contributed by atoms with E-state index in [4.69, 9.17) is 19.3 Å². The molecule has 1 aliphatic rings. The highest BCUT2D eigenvalue weighted by Crippen LogP contribution is 2.23. The fourth-order valence-electron chi connectivity index (χ4n) is 1.95. The molecule has 100 valence electrons. The first-order valence-electron chi connectivity index (χ1n) is 5.32. The second-order valence-electron chi connectivity index (χ2n) is 3.88. The van der Waals surface area contributed by atoms with Crippen LogP contribution < -0.4 is 5.32 Å². The summed E-state index contributed by atoms with van der Waals surface area (Å²) in [5.74, 6) is -0.308. The van der Waals surface area contributed by atoms with Gasteiger partial charge in [-0.3, -0.25) is 4.79 Å². The molecular weight excluding hydrogens is 230 g/mol.